The number of nitrogens with one attached hydrogen (secondary N) is 1. The molecule has 0 aliphatic heterocycles. The number of esters is 1. The van der Waals surface area contributed by atoms with E-state index in [9.17, 15) is 49.1 Å². The van der Waals surface area contributed by atoms with Gasteiger partial charge in [-0.1, -0.05) is 6.92 Å². The second-order valence-corrected chi connectivity index (χ2v) is 6.71. The highest BCUT2D eigenvalue weighted by Gasteiger charge is 2.83. The second kappa shape index (κ2) is 7.85. The number of hydrogen-bond donors (Lipinski definition) is 1. The molecule has 5 nitrogen and oxygen atoms in total. The lowest BCUT2D eigenvalue weighted by Gasteiger charge is -2.38. The van der Waals surface area contributed by atoms with Gasteiger partial charge in [-0.25, -0.2) is 9.59 Å². The van der Waals surface area contributed by atoms with Crippen LogP contribution in [0.25, 0.3) is 0 Å². The zero-order chi connectivity index (χ0) is 22.9. The number of amides is 1. The van der Waals surface area contributed by atoms with Gasteiger partial charge in [-0.05, 0) is 20.8 Å². The van der Waals surface area contributed by atoms with Crippen molar-refractivity contribution in [2.45, 2.75) is 63.3 Å². The van der Waals surface area contributed by atoms with Gasteiger partial charge in [-0.3, -0.25) is 0 Å². The quantitative estimate of drug-likeness (QED) is 0.503. The van der Waals surface area contributed by atoms with Crippen LogP contribution >= 0.6 is 0 Å². The number of methoxy groups -OCH3 is 1. The number of alkyl halides is 9. The summed E-state index contributed by atoms with van der Waals surface area (Å²) in [7, 11) is 0.583. The summed E-state index contributed by atoms with van der Waals surface area (Å²) in [5.41, 5.74) is -1.25. The Balaban J connectivity index is 6.00. The Morgan fingerprint density at radius 3 is 1.61 bits per heavy atom. The van der Waals surface area contributed by atoms with E-state index in [0.29, 0.717) is 7.11 Å². The first-order chi connectivity index (χ1) is 12.1. The average molecular weight is 435 g/mol. The largest absolute Gasteiger partial charge is 0.467 e. The van der Waals surface area contributed by atoms with Crippen LogP contribution in [0.1, 0.15) is 27.7 Å². The topological polar surface area (TPSA) is 64.6 Å². The monoisotopic (exact) mass is 435 g/mol. The molecule has 0 aromatic rings. The summed E-state index contributed by atoms with van der Waals surface area (Å²) in [6, 6.07) is -2.73. The molecule has 0 heterocycles. The number of carbonyl (C=O) groups is 2. The molecular formula is C14H18F9NO4. The van der Waals surface area contributed by atoms with Gasteiger partial charge in [0.05, 0.1) is 13.0 Å². The van der Waals surface area contributed by atoms with E-state index in [0.717, 1.165) is 0 Å². The molecule has 0 aliphatic carbocycles. The van der Waals surface area contributed by atoms with Crippen LogP contribution in [0.5, 0.6) is 0 Å². The fourth-order valence-electron chi connectivity index (χ4n) is 1.83. The molecule has 0 rings (SSSR count). The van der Waals surface area contributed by atoms with Gasteiger partial charge in [0.25, 0.3) is 0 Å². The van der Waals surface area contributed by atoms with Gasteiger partial charge in [0, 0.05) is 0 Å². The minimum Gasteiger partial charge on any atom is -0.467 e. The van der Waals surface area contributed by atoms with Crippen molar-refractivity contribution in [3.05, 3.63) is 0 Å². The fraction of sp³-hybridized carbons (Fsp3) is 0.857. The van der Waals surface area contributed by atoms with E-state index in [1.807, 2.05) is 0 Å². The zero-order valence-corrected chi connectivity index (χ0v) is 15.2. The highest BCUT2D eigenvalue weighted by Crippen LogP contribution is 2.55. The van der Waals surface area contributed by atoms with Crippen LogP contribution in [-0.2, 0) is 14.3 Å². The van der Waals surface area contributed by atoms with Gasteiger partial charge in [0.1, 0.15) is 11.6 Å². The SMILES string of the molecule is COC(=O)C(NC(=O)OC(C)(C)C)C(C)C(F)(F)C(F)(F)C(F)(F)C(F)(F)F. The minimum atomic E-state index is -7.13. The van der Waals surface area contributed by atoms with Gasteiger partial charge < -0.3 is 14.8 Å². The zero-order valence-electron chi connectivity index (χ0n) is 15.2. The lowest BCUT2D eigenvalue weighted by Crippen LogP contribution is -2.66. The summed E-state index contributed by atoms with van der Waals surface area (Å²) in [5, 5.41) is 1.42. The Labute approximate surface area is 153 Å². The van der Waals surface area contributed by atoms with E-state index in [1.165, 1.54) is 26.1 Å². The maximum atomic E-state index is 14.0. The number of carbonyl (C=O) groups excluding carboxylic acids is 2. The van der Waals surface area contributed by atoms with Crippen LogP contribution in [0, 0.1) is 5.92 Å². The van der Waals surface area contributed by atoms with E-state index in [-0.39, 0.29) is 6.92 Å². The van der Waals surface area contributed by atoms with Crippen molar-refractivity contribution in [1.29, 1.82) is 0 Å². The molecule has 1 N–H and O–H groups in total. The van der Waals surface area contributed by atoms with E-state index < -0.39 is 53.6 Å². The van der Waals surface area contributed by atoms with Gasteiger partial charge in [-0.2, -0.15) is 39.5 Å². The average Bonchev–Trinajstić information content (AvgIpc) is 2.47. The lowest BCUT2D eigenvalue weighted by atomic mass is 9.87. The molecule has 166 valence electrons. The molecule has 2 unspecified atom stereocenters. The van der Waals surface area contributed by atoms with E-state index in [2.05, 4.69) is 9.47 Å². The van der Waals surface area contributed by atoms with Crippen LogP contribution in [0.4, 0.5) is 44.3 Å². The maximum absolute atomic E-state index is 14.0. The molecule has 0 saturated carbocycles. The number of alkyl carbamates (subject to hydrolysis) is 1. The molecular weight excluding hydrogens is 417 g/mol. The maximum Gasteiger partial charge on any atom is 0.460 e. The highest BCUT2D eigenvalue weighted by atomic mass is 19.4. The number of ether oxygens (including phenoxy) is 2. The Bertz CT molecular complexity index is 584. The van der Waals surface area contributed by atoms with Crippen molar-refractivity contribution in [2.24, 2.45) is 5.92 Å². The molecule has 14 heteroatoms. The molecule has 0 saturated heterocycles. The highest BCUT2D eigenvalue weighted by molar-refractivity contribution is 5.81. The molecule has 0 aromatic heterocycles. The third-order valence-electron chi connectivity index (χ3n) is 3.37. The van der Waals surface area contributed by atoms with Crippen LogP contribution in [0.2, 0.25) is 0 Å². The van der Waals surface area contributed by atoms with E-state index in [4.69, 9.17) is 0 Å². The van der Waals surface area contributed by atoms with Crippen LogP contribution in [0.15, 0.2) is 0 Å². The first-order valence-electron chi connectivity index (χ1n) is 7.41. The summed E-state index contributed by atoms with van der Waals surface area (Å²) in [6.45, 7) is 3.97. The standard InChI is InChI=1S/C14H18F9NO4/c1-6(7(8(25)27-5)24-9(26)28-10(2,3)4)11(15,16)12(17,18)13(19,20)14(21,22)23/h6-7H,1-5H3,(H,24,26). The molecule has 0 bridgehead atoms. The third kappa shape index (κ3) is 5.13. The van der Waals surface area contributed by atoms with Gasteiger partial charge in [-0.15, -0.1) is 0 Å². The predicted molar refractivity (Wildman–Crippen MR) is 75.2 cm³/mol. The summed E-state index contributed by atoms with van der Waals surface area (Å²) < 4.78 is 126. The first-order valence-corrected chi connectivity index (χ1v) is 7.41. The molecule has 1 amide bonds. The van der Waals surface area contributed by atoms with Gasteiger partial charge >= 0.3 is 36.0 Å². The Hall–Kier alpha value is -1.89. The number of hydrogen-bond acceptors (Lipinski definition) is 4. The molecule has 28 heavy (non-hydrogen) atoms. The minimum absolute atomic E-state index is 0.0688. The molecule has 0 spiro atoms. The van der Waals surface area contributed by atoms with Crippen LogP contribution in [0.3, 0.4) is 0 Å². The van der Waals surface area contributed by atoms with Crippen molar-refractivity contribution < 1.29 is 58.6 Å². The Morgan fingerprint density at radius 1 is 0.857 bits per heavy atom. The van der Waals surface area contributed by atoms with Crippen molar-refractivity contribution in [3.8, 4) is 0 Å². The summed E-state index contributed by atoms with van der Waals surface area (Å²) >= 11 is 0. The number of halogens is 9. The van der Waals surface area contributed by atoms with Crippen molar-refractivity contribution in [2.75, 3.05) is 7.11 Å². The van der Waals surface area contributed by atoms with Gasteiger partial charge in [0.2, 0.25) is 0 Å². The molecule has 0 aromatic carbocycles. The summed E-state index contributed by atoms with van der Waals surface area (Å²) in [5.74, 6) is -25.3. The number of rotatable bonds is 6. The summed E-state index contributed by atoms with van der Waals surface area (Å²) in [6.07, 6.45) is -8.62. The fourth-order valence-corrected chi connectivity index (χ4v) is 1.83. The lowest BCUT2D eigenvalue weighted by molar-refractivity contribution is -0.403. The van der Waals surface area contributed by atoms with Crippen molar-refractivity contribution in [3.63, 3.8) is 0 Å². The van der Waals surface area contributed by atoms with Crippen molar-refractivity contribution in [1.82, 2.24) is 5.32 Å². The van der Waals surface area contributed by atoms with Crippen molar-refractivity contribution >= 4 is 12.1 Å². The molecule has 0 radical (unpaired) electrons. The Morgan fingerprint density at radius 2 is 1.29 bits per heavy atom. The van der Waals surface area contributed by atoms with E-state index in [1.54, 1.807) is 0 Å². The first kappa shape index (κ1) is 26.1. The smallest absolute Gasteiger partial charge is 0.460 e. The predicted octanol–water partition coefficient (Wildman–Crippen LogP) is 4.16. The summed E-state index contributed by atoms with van der Waals surface area (Å²) in [4.78, 5) is 23.2. The Kier molecular flexibility index (Phi) is 7.32. The third-order valence-corrected chi connectivity index (χ3v) is 3.37. The van der Waals surface area contributed by atoms with E-state index >= 15 is 0 Å². The van der Waals surface area contributed by atoms with Crippen LogP contribution < -0.4 is 5.32 Å². The second-order valence-electron chi connectivity index (χ2n) is 6.71. The molecule has 0 fully saturated rings. The van der Waals surface area contributed by atoms with Crippen LogP contribution in [-0.4, -0.2) is 54.8 Å². The molecule has 0 aliphatic rings. The molecule has 2 atom stereocenters. The van der Waals surface area contributed by atoms with Gasteiger partial charge in [0.15, 0.2) is 0 Å². The normalized spacial score (nSPS) is 16.2.